The molecule has 0 spiro atoms. The molecule has 162 valence electrons. The van der Waals surface area contributed by atoms with Gasteiger partial charge < -0.3 is 11.5 Å². The van der Waals surface area contributed by atoms with E-state index in [1.54, 1.807) is 0 Å². The van der Waals surface area contributed by atoms with Gasteiger partial charge in [-0.15, -0.1) is 0 Å². The lowest BCUT2D eigenvalue weighted by Crippen LogP contribution is -1.96. The third-order valence-electron chi connectivity index (χ3n) is 6.11. The molecule has 4 aromatic rings. The highest BCUT2D eigenvalue weighted by molar-refractivity contribution is 5.40. The van der Waals surface area contributed by atoms with Gasteiger partial charge in [0.1, 0.15) is 0 Å². The average molecular weight is 421 g/mol. The number of rotatable bonds is 9. The van der Waals surface area contributed by atoms with E-state index in [9.17, 15) is 0 Å². The molecule has 0 radical (unpaired) electrons. The first-order valence-corrected chi connectivity index (χ1v) is 11.5. The predicted molar refractivity (Wildman–Crippen MR) is 137 cm³/mol. The maximum absolute atomic E-state index is 5.76. The smallest absolute Gasteiger partial charge is 0.0314 e. The lowest BCUT2D eigenvalue weighted by molar-refractivity contribution is 0.932. The summed E-state index contributed by atoms with van der Waals surface area (Å²) in [5, 5.41) is 0. The molecule has 2 nitrogen and oxygen atoms in total. The molecule has 0 fully saturated rings. The molecule has 0 aromatic heterocycles. The van der Waals surface area contributed by atoms with Crippen LogP contribution >= 0.6 is 0 Å². The highest BCUT2D eigenvalue weighted by atomic mass is 14.5. The Kier molecular flexibility index (Phi) is 7.24. The van der Waals surface area contributed by atoms with E-state index < -0.39 is 0 Å². The minimum absolute atomic E-state index is 0.825. The number of aryl methyl sites for hydroxylation is 6. The highest BCUT2D eigenvalue weighted by Crippen LogP contribution is 2.15. The third-order valence-corrected chi connectivity index (χ3v) is 6.11. The maximum Gasteiger partial charge on any atom is 0.0314 e. The summed E-state index contributed by atoms with van der Waals surface area (Å²) in [6, 6.07) is 34.6. The zero-order chi connectivity index (χ0) is 22.2. The van der Waals surface area contributed by atoms with E-state index >= 15 is 0 Å². The topological polar surface area (TPSA) is 52.0 Å². The van der Waals surface area contributed by atoms with Crippen molar-refractivity contribution in [2.24, 2.45) is 0 Å². The van der Waals surface area contributed by atoms with Crippen LogP contribution in [0.1, 0.15) is 33.4 Å². The molecule has 0 amide bonds. The second-order valence-electron chi connectivity index (χ2n) is 8.62. The number of anilines is 2. The Morgan fingerprint density at radius 2 is 0.438 bits per heavy atom. The second-order valence-corrected chi connectivity index (χ2v) is 8.62. The van der Waals surface area contributed by atoms with Gasteiger partial charge >= 0.3 is 0 Å². The standard InChI is InChI=1S/C30H32N2/c31-29-19-15-27(16-20-29)13-11-25-7-3-23(4-8-25)1-2-24-5-9-26(10-6-24)12-14-28-17-21-30(32)22-18-28/h3-10,15-22H,1-2,11-14,31-32H2. The molecule has 0 heterocycles. The van der Waals surface area contributed by atoms with Crippen LogP contribution in [-0.2, 0) is 38.5 Å². The van der Waals surface area contributed by atoms with Gasteiger partial charge in [0.05, 0.1) is 0 Å². The lowest BCUT2D eigenvalue weighted by atomic mass is 9.99. The van der Waals surface area contributed by atoms with Crippen molar-refractivity contribution >= 4 is 11.4 Å². The van der Waals surface area contributed by atoms with Crippen molar-refractivity contribution in [3.8, 4) is 0 Å². The van der Waals surface area contributed by atoms with E-state index in [4.69, 9.17) is 11.5 Å². The Balaban J connectivity index is 1.22. The minimum Gasteiger partial charge on any atom is -0.399 e. The Morgan fingerprint density at radius 3 is 0.625 bits per heavy atom. The van der Waals surface area contributed by atoms with Crippen molar-refractivity contribution in [2.75, 3.05) is 11.5 Å². The Morgan fingerprint density at radius 1 is 0.281 bits per heavy atom. The average Bonchev–Trinajstić information content (AvgIpc) is 2.83. The molecule has 0 unspecified atom stereocenters. The van der Waals surface area contributed by atoms with E-state index in [-0.39, 0.29) is 0 Å². The monoisotopic (exact) mass is 420 g/mol. The van der Waals surface area contributed by atoms with E-state index in [0.29, 0.717) is 0 Å². The molecule has 0 bridgehead atoms. The molecule has 0 aliphatic rings. The van der Waals surface area contributed by atoms with E-state index in [1.165, 1.54) is 33.4 Å². The fourth-order valence-electron chi connectivity index (χ4n) is 3.98. The molecule has 4 aromatic carbocycles. The quantitative estimate of drug-likeness (QED) is 0.316. The molecule has 4 rings (SSSR count). The van der Waals surface area contributed by atoms with E-state index in [1.807, 2.05) is 24.3 Å². The summed E-state index contributed by atoms with van der Waals surface area (Å²) < 4.78 is 0. The fourth-order valence-corrected chi connectivity index (χ4v) is 3.98. The SMILES string of the molecule is Nc1ccc(CCc2ccc(CCc3ccc(CCc4ccc(N)cc4)cc3)cc2)cc1. The summed E-state index contributed by atoms with van der Waals surface area (Å²) >= 11 is 0. The largest absolute Gasteiger partial charge is 0.399 e. The Bertz CT molecular complexity index is 1000. The van der Waals surface area contributed by atoms with Crippen molar-refractivity contribution in [3.63, 3.8) is 0 Å². The van der Waals surface area contributed by atoms with Crippen LogP contribution < -0.4 is 11.5 Å². The zero-order valence-electron chi connectivity index (χ0n) is 18.6. The van der Waals surface area contributed by atoms with Crippen molar-refractivity contribution in [1.82, 2.24) is 0 Å². The maximum atomic E-state index is 5.76. The predicted octanol–water partition coefficient (Wildman–Crippen LogP) is 6.21. The van der Waals surface area contributed by atoms with Gasteiger partial charge in [-0.1, -0.05) is 72.8 Å². The molecule has 0 saturated heterocycles. The van der Waals surface area contributed by atoms with E-state index in [0.717, 1.165) is 49.9 Å². The van der Waals surface area contributed by atoms with Crippen LogP contribution in [0.5, 0.6) is 0 Å². The zero-order valence-corrected chi connectivity index (χ0v) is 18.6. The molecule has 0 aliphatic carbocycles. The Hall–Kier alpha value is -3.52. The summed E-state index contributed by atoms with van der Waals surface area (Å²) in [5.74, 6) is 0. The number of hydrogen-bond acceptors (Lipinski definition) is 2. The van der Waals surface area contributed by atoms with Crippen molar-refractivity contribution in [2.45, 2.75) is 38.5 Å². The first-order chi connectivity index (χ1) is 15.6. The molecule has 32 heavy (non-hydrogen) atoms. The van der Waals surface area contributed by atoms with Crippen molar-refractivity contribution < 1.29 is 0 Å². The fraction of sp³-hybridized carbons (Fsp3) is 0.200. The van der Waals surface area contributed by atoms with Gasteiger partial charge in [-0.05, 0) is 96.2 Å². The van der Waals surface area contributed by atoms with Crippen molar-refractivity contribution in [1.29, 1.82) is 0 Å². The van der Waals surface area contributed by atoms with Crippen LogP contribution in [0.15, 0.2) is 97.1 Å². The molecular weight excluding hydrogens is 388 g/mol. The highest BCUT2D eigenvalue weighted by Gasteiger charge is 2.01. The second kappa shape index (κ2) is 10.7. The van der Waals surface area contributed by atoms with Crippen LogP contribution in [0.4, 0.5) is 11.4 Å². The van der Waals surface area contributed by atoms with Gasteiger partial charge in [0.15, 0.2) is 0 Å². The summed E-state index contributed by atoms with van der Waals surface area (Å²) in [7, 11) is 0. The number of nitrogen functional groups attached to an aromatic ring is 2. The lowest BCUT2D eigenvalue weighted by Gasteiger charge is -2.07. The number of hydrogen-bond donors (Lipinski definition) is 2. The number of benzene rings is 4. The normalized spacial score (nSPS) is 10.9. The van der Waals surface area contributed by atoms with Crippen LogP contribution in [0.25, 0.3) is 0 Å². The van der Waals surface area contributed by atoms with E-state index in [2.05, 4.69) is 72.8 Å². The molecule has 0 aliphatic heterocycles. The van der Waals surface area contributed by atoms with Gasteiger partial charge in [-0.25, -0.2) is 0 Å². The minimum atomic E-state index is 0.825. The van der Waals surface area contributed by atoms with Crippen LogP contribution in [-0.4, -0.2) is 0 Å². The van der Waals surface area contributed by atoms with Crippen molar-refractivity contribution in [3.05, 3.63) is 130 Å². The Labute approximate surface area is 191 Å². The molecule has 0 atom stereocenters. The molecule has 4 N–H and O–H groups in total. The molecule has 2 heteroatoms. The van der Waals surface area contributed by atoms with Gasteiger partial charge in [0.2, 0.25) is 0 Å². The van der Waals surface area contributed by atoms with Gasteiger partial charge in [-0.2, -0.15) is 0 Å². The first-order valence-electron chi connectivity index (χ1n) is 11.5. The summed E-state index contributed by atoms with van der Waals surface area (Å²) in [6.07, 6.45) is 6.35. The van der Waals surface area contributed by atoms with Crippen LogP contribution in [0.2, 0.25) is 0 Å². The third kappa shape index (κ3) is 6.49. The summed E-state index contributed by atoms with van der Waals surface area (Å²) in [5.41, 5.74) is 21.4. The number of nitrogens with two attached hydrogens (primary N) is 2. The van der Waals surface area contributed by atoms with Gasteiger partial charge in [0.25, 0.3) is 0 Å². The van der Waals surface area contributed by atoms with Crippen LogP contribution in [0, 0.1) is 0 Å². The van der Waals surface area contributed by atoms with Crippen LogP contribution in [0.3, 0.4) is 0 Å². The molecule has 0 saturated carbocycles. The summed E-state index contributed by atoms with van der Waals surface area (Å²) in [4.78, 5) is 0. The van der Waals surface area contributed by atoms with Gasteiger partial charge in [-0.3, -0.25) is 0 Å². The summed E-state index contributed by atoms with van der Waals surface area (Å²) in [6.45, 7) is 0. The molecular formula is C30H32N2. The first kappa shape index (κ1) is 21.7. The van der Waals surface area contributed by atoms with Gasteiger partial charge in [0, 0.05) is 11.4 Å².